The number of aryl methyl sites for hydroxylation is 2. The van der Waals surface area contributed by atoms with E-state index >= 15 is 0 Å². The molecule has 0 radical (unpaired) electrons. The Morgan fingerprint density at radius 2 is 1.86 bits per heavy atom. The minimum atomic E-state index is -0.317. The van der Waals surface area contributed by atoms with E-state index < -0.39 is 0 Å². The SMILES string of the molecule is CCCCOc1c(C)cc(-c2ccc3ncc(NC(=O)NCC)nc3n2)cc1C. The van der Waals surface area contributed by atoms with Crippen LogP contribution < -0.4 is 15.4 Å². The summed E-state index contributed by atoms with van der Waals surface area (Å²) in [6.07, 6.45) is 3.67. The van der Waals surface area contributed by atoms with E-state index in [9.17, 15) is 4.79 Å². The second-order valence-corrected chi connectivity index (χ2v) is 6.92. The highest BCUT2D eigenvalue weighted by Crippen LogP contribution is 2.30. The molecule has 2 amide bonds. The Bertz CT molecular complexity index is 996. The highest BCUT2D eigenvalue weighted by Gasteiger charge is 2.11. The smallest absolute Gasteiger partial charge is 0.320 e. The Hall–Kier alpha value is -3.22. The number of nitrogens with one attached hydrogen (secondary N) is 2. The number of unbranched alkanes of at least 4 members (excludes halogenated alkanes) is 1. The normalized spacial score (nSPS) is 10.8. The molecular formula is C22H27N5O2. The Kier molecular flexibility index (Phi) is 6.59. The molecule has 2 aromatic heterocycles. The second-order valence-electron chi connectivity index (χ2n) is 6.92. The number of rotatable bonds is 7. The Morgan fingerprint density at radius 1 is 1.10 bits per heavy atom. The first-order chi connectivity index (χ1) is 14.0. The van der Waals surface area contributed by atoms with Crippen LogP contribution in [0.15, 0.2) is 30.5 Å². The second kappa shape index (κ2) is 9.32. The fraction of sp³-hybridized carbons (Fsp3) is 0.364. The first kappa shape index (κ1) is 20.5. The van der Waals surface area contributed by atoms with Crippen molar-refractivity contribution in [3.8, 4) is 17.0 Å². The number of carbonyl (C=O) groups is 1. The summed E-state index contributed by atoms with van der Waals surface area (Å²) in [5.74, 6) is 1.30. The van der Waals surface area contributed by atoms with Gasteiger partial charge in [0, 0.05) is 12.1 Å². The monoisotopic (exact) mass is 393 g/mol. The topological polar surface area (TPSA) is 89.0 Å². The van der Waals surface area contributed by atoms with Gasteiger partial charge in [0.1, 0.15) is 11.3 Å². The third-order valence-corrected chi connectivity index (χ3v) is 4.49. The third-order valence-electron chi connectivity index (χ3n) is 4.49. The van der Waals surface area contributed by atoms with Gasteiger partial charge in [-0.2, -0.15) is 0 Å². The third kappa shape index (κ3) is 4.99. The van der Waals surface area contributed by atoms with Gasteiger partial charge in [0.05, 0.1) is 18.5 Å². The van der Waals surface area contributed by atoms with Crippen molar-refractivity contribution in [3.63, 3.8) is 0 Å². The Morgan fingerprint density at radius 3 is 2.55 bits per heavy atom. The number of nitrogens with zero attached hydrogens (tertiary/aromatic N) is 3. The molecular weight excluding hydrogens is 366 g/mol. The lowest BCUT2D eigenvalue weighted by Gasteiger charge is -2.14. The Labute approximate surface area is 170 Å². The molecule has 2 N–H and O–H groups in total. The quantitative estimate of drug-likeness (QED) is 0.571. The number of aromatic nitrogens is 3. The zero-order chi connectivity index (χ0) is 20.8. The molecule has 0 bridgehead atoms. The summed E-state index contributed by atoms with van der Waals surface area (Å²) in [6.45, 7) is 9.36. The number of hydrogen-bond acceptors (Lipinski definition) is 5. The molecule has 29 heavy (non-hydrogen) atoms. The molecule has 0 saturated carbocycles. The lowest BCUT2D eigenvalue weighted by Crippen LogP contribution is -2.28. The van der Waals surface area contributed by atoms with Gasteiger partial charge in [0.2, 0.25) is 0 Å². The van der Waals surface area contributed by atoms with Gasteiger partial charge in [-0.3, -0.25) is 5.32 Å². The van der Waals surface area contributed by atoms with E-state index in [0.29, 0.717) is 23.5 Å². The molecule has 0 spiro atoms. The van der Waals surface area contributed by atoms with Crippen molar-refractivity contribution in [1.82, 2.24) is 20.3 Å². The summed E-state index contributed by atoms with van der Waals surface area (Å²) in [6, 6.07) is 7.65. The molecule has 0 aliphatic heterocycles. The highest BCUT2D eigenvalue weighted by molar-refractivity contribution is 5.89. The van der Waals surface area contributed by atoms with Gasteiger partial charge in [0.25, 0.3) is 0 Å². The van der Waals surface area contributed by atoms with Crippen LogP contribution in [-0.2, 0) is 0 Å². The van der Waals surface area contributed by atoms with E-state index in [1.807, 2.05) is 32.9 Å². The summed E-state index contributed by atoms with van der Waals surface area (Å²) in [7, 11) is 0. The standard InChI is InChI=1S/C22H27N5O2/c1-5-7-10-29-20-14(3)11-16(12-15(20)4)17-8-9-18-21(25-17)26-19(13-24-18)27-22(28)23-6-2/h8-9,11-13H,5-7,10H2,1-4H3,(H2,23,25,26,27,28). The zero-order valence-corrected chi connectivity index (χ0v) is 17.4. The molecule has 0 saturated heterocycles. The Balaban J connectivity index is 1.90. The maximum atomic E-state index is 11.7. The van der Waals surface area contributed by atoms with Crippen molar-refractivity contribution in [2.45, 2.75) is 40.5 Å². The fourth-order valence-electron chi connectivity index (χ4n) is 3.08. The van der Waals surface area contributed by atoms with E-state index in [4.69, 9.17) is 4.74 Å². The van der Waals surface area contributed by atoms with Crippen LogP contribution >= 0.6 is 0 Å². The molecule has 3 rings (SSSR count). The number of ether oxygens (including phenoxy) is 1. The van der Waals surface area contributed by atoms with Crippen LogP contribution in [-0.4, -0.2) is 34.1 Å². The lowest BCUT2D eigenvalue weighted by atomic mass is 10.0. The molecule has 0 atom stereocenters. The molecule has 0 fully saturated rings. The highest BCUT2D eigenvalue weighted by atomic mass is 16.5. The fourth-order valence-corrected chi connectivity index (χ4v) is 3.08. The van der Waals surface area contributed by atoms with E-state index in [1.54, 1.807) is 0 Å². The van der Waals surface area contributed by atoms with Gasteiger partial charge in [-0.25, -0.2) is 19.7 Å². The van der Waals surface area contributed by atoms with Gasteiger partial charge >= 0.3 is 6.03 Å². The molecule has 0 unspecified atom stereocenters. The predicted molar refractivity (Wildman–Crippen MR) is 115 cm³/mol. The number of pyridine rings is 1. The number of benzene rings is 1. The molecule has 2 heterocycles. The van der Waals surface area contributed by atoms with Crippen LogP contribution in [0.4, 0.5) is 10.6 Å². The molecule has 1 aromatic carbocycles. The number of fused-ring (bicyclic) bond motifs is 1. The molecule has 0 aliphatic carbocycles. The zero-order valence-electron chi connectivity index (χ0n) is 17.4. The first-order valence-electron chi connectivity index (χ1n) is 9.94. The molecule has 7 nitrogen and oxygen atoms in total. The van der Waals surface area contributed by atoms with E-state index in [2.05, 4.69) is 44.6 Å². The molecule has 7 heteroatoms. The van der Waals surface area contributed by atoms with Gasteiger partial charge in [-0.15, -0.1) is 0 Å². The predicted octanol–water partition coefficient (Wildman–Crippen LogP) is 4.63. The van der Waals surface area contributed by atoms with Crippen molar-refractivity contribution < 1.29 is 9.53 Å². The van der Waals surface area contributed by atoms with Crippen LogP contribution in [0, 0.1) is 13.8 Å². The van der Waals surface area contributed by atoms with Crippen molar-refractivity contribution in [2.75, 3.05) is 18.5 Å². The first-order valence-corrected chi connectivity index (χ1v) is 9.94. The number of amides is 2. The van der Waals surface area contributed by atoms with Crippen LogP contribution in [0.1, 0.15) is 37.8 Å². The lowest BCUT2D eigenvalue weighted by molar-refractivity contribution is 0.252. The average Bonchev–Trinajstić information content (AvgIpc) is 2.69. The average molecular weight is 393 g/mol. The van der Waals surface area contributed by atoms with Gasteiger partial charge in [-0.1, -0.05) is 13.3 Å². The minimum Gasteiger partial charge on any atom is -0.493 e. The number of hydrogen-bond donors (Lipinski definition) is 2. The summed E-state index contributed by atoms with van der Waals surface area (Å²) < 4.78 is 5.95. The van der Waals surface area contributed by atoms with E-state index in [-0.39, 0.29) is 6.03 Å². The van der Waals surface area contributed by atoms with Gasteiger partial charge in [-0.05, 0) is 62.6 Å². The number of carbonyl (C=O) groups excluding carboxylic acids is 1. The van der Waals surface area contributed by atoms with E-state index in [0.717, 1.165) is 47.6 Å². The van der Waals surface area contributed by atoms with Crippen LogP contribution in [0.3, 0.4) is 0 Å². The summed E-state index contributed by atoms with van der Waals surface area (Å²) in [4.78, 5) is 25.1. The molecule has 0 aliphatic rings. The van der Waals surface area contributed by atoms with Gasteiger partial charge in [0.15, 0.2) is 11.5 Å². The van der Waals surface area contributed by atoms with Crippen LogP contribution in [0.25, 0.3) is 22.4 Å². The van der Waals surface area contributed by atoms with Crippen LogP contribution in [0.2, 0.25) is 0 Å². The number of anilines is 1. The minimum absolute atomic E-state index is 0.317. The van der Waals surface area contributed by atoms with Crippen molar-refractivity contribution >= 4 is 23.0 Å². The van der Waals surface area contributed by atoms with Crippen molar-refractivity contribution in [1.29, 1.82) is 0 Å². The van der Waals surface area contributed by atoms with Gasteiger partial charge < -0.3 is 10.1 Å². The maximum absolute atomic E-state index is 11.7. The summed E-state index contributed by atoms with van der Waals surface area (Å²) in [5.41, 5.74) is 5.10. The van der Waals surface area contributed by atoms with E-state index in [1.165, 1.54) is 6.20 Å². The molecule has 3 aromatic rings. The largest absolute Gasteiger partial charge is 0.493 e. The van der Waals surface area contributed by atoms with Crippen molar-refractivity contribution in [3.05, 3.63) is 41.6 Å². The summed E-state index contributed by atoms with van der Waals surface area (Å²) >= 11 is 0. The van der Waals surface area contributed by atoms with Crippen LogP contribution in [0.5, 0.6) is 5.75 Å². The number of urea groups is 1. The summed E-state index contributed by atoms with van der Waals surface area (Å²) in [5, 5.41) is 5.33. The maximum Gasteiger partial charge on any atom is 0.320 e. The molecule has 152 valence electrons. The van der Waals surface area contributed by atoms with Crippen molar-refractivity contribution in [2.24, 2.45) is 0 Å².